The van der Waals surface area contributed by atoms with Gasteiger partial charge in [0, 0.05) is 13.1 Å². The van der Waals surface area contributed by atoms with Gasteiger partial charge in [-0.1, -0.05) is 42.5 Å². The molecule has 2 aromatic rings. The zero-order chi connectivity index (χ0) is 17.2. The molecule has 0 saturated carbocycles. The standard InChI is InChI=1S/C19H21FN2O2/c20-17-8-6-16(7-9-17)11-13-22-19(24)14-18(23)21-12-10-15-4-2-1-3-5-15/h1-9H,10-14H2,(H,21,23)(H,22,24). The van der Waals surface area contributed by atoms with Crippen LogP contribution in [0.15, 0.2) is 54.6 Å². The summed E-state index contributed by atoms with van der Waals surface area (Å²) >= 11 is 0. The van der Waals surface area contributed by atoms with Gasteiger partial charge in [0.05, 0.1) is 0 Å². The van der Waals surface area contributed by atoms with Gasteiger partial charge in [-0.15, -0.1) is 0 Å². The van der Waals surface area contributed by atoms with Gasteiger partial charge < -0.3 is 10.6 Å². The molecule has 0 aromatic heterocycles. The highest BCUT2D eigenvalue weighted by Gasteiger charge is 2.08. The van der Waals surface area contributed by atoms with E-state index in [1.807, 2.05) is 30.3 Å². The lowest BCUT2D eigenvalue weighted by molar-refractivity contribution is -0.129. The van der Waals surface area contributed by atoms with Crippen LogP contribution in [0, 0.1) is 5.82 Å². The van der Waals surface area contributed by atoms with Gasteiger partial charge in [0.25, 0.3) is 0 Å². The van der Waals surface area contributed by atoms with Gasteiger partial charge in [0.2, 0.25) is 11.8 Å². The Morgan fingerprint density at radius 2 is 1.25 bits per heavy atom. The van der Waals surface area contributed by atoms with Crippen molar-refractivity contribution < 1.29 is 14.0 Å². The van der Waals surface area contributed by atoms with E-state index < -0.39 is 0 Å². The predicted octanol–water partition coefficient (Wildman–Crippen LogP) is 2.23. The van der Waals surface area contributed by atoms with Gasteiger partial charge in [-0.2, -0.15) is 0 Å². The second-order valence-corrected chi connectivity index (χ2v) is 5.49. The molecular weight excluding hydrogens is 307 g/mol. The average molecular weight is 328 g/mol. The average Bonchev–Trinajstić information content (AvgIpc) is 2.57. The van der Waals surface area contributed by atoms with Crippen LogP contribution < -0.4 is 10.6 Å². The van der Waals surface area contributed by atoms with Crippen LogP contribution >= 0.6 is 0 Å². The molecule has 0 aliphatic carbocycles. The first-order valence-electron chi connectivity index (χ1n) is 7.95. The molecule has 0 unspecified atom stereocenters. The monoisotopic (exact) mass is 328 g/mol. The maximum Gasteiger partial charge on any atom is 0.229 e. The van der Waals surface area contributed by atoms with Crippen molar-refractivity contribution in [1.29, 1.82) is 0 Å². The number of amides is 2. The number of halogens is 1. The Labute approximate surface area is 141 Å². The number of carbonyl (C=O) groups excluding carboxylic acids is 2. The van der Waals surface area contributed by atoms with Crippen molar-refractivity contribution in [2.24, 2.45) is 0 Å². The molecule has 24 heavy (non-hydrogen) atoms. The summed E-state index contributed by atoms with van der Waals surface area (Å²) in [7, 11) is 0. The summed E-state index contributed by atoms with van der Waals surface area (Å²) in [5, 5.41) is 5.43. The van der Waals surface area contributed by atoms with Crippen molar-refractivity contribution in [2.75, 3.05) is 13.1 Å². The minimum absolute atomic E-state index is 0.182. The number of carbonyl (C=O) groups is 2. The van der Waals surface area contributed by atoms with Crippen LogP contribution in [0.4, 0.5) is 4.39 Å². The van der Waals surface area contributed by atoms with E-state index in [-0.39, 0.29) is 24.1 Å². The highest BCUT2D eigenvalue weighted by atomic mass is 19.1. The molecular formula is C19H21FN2O2. The summed E-state index contributed by atoms with van der Waals surface area (Å²) in [4.78, 5) is 23.4. The van der Waals surface area contributed by atoms with Gasteiger partial charge in [-0.25, -0.2) is 4.39 Å². The molecule has 0 atom stereocenters. The number of rotatable bonds is 8. The van der Waals surface area contributed by atoms with Crippen molar-refractivity contribution in [3.05, 3.63) is 71.5 Å². The van der Waals surface area contributed by atoms with Crippen LogP contribution in [0.5, 0.6) is 0 Å². The van der Waals surface area contributed by atoms with Crippen molar-refractivity contribution in [3.8, 4) is 0 Å². The second kappa shape index (κ2) is 9.45. The van der Waals surface area contributed by atoms with Crippen molar-refractivity contribution in [2.45, 2.75) is 19.3 Å². The number of hydrogen-bond acceptors (Lipinski definition) is 2. The van der Waals surface area contributed by atoms with Gasteiger partial charge in [-0.05, 0) is 36.1 Å². The molecule has 0 radical (unpaired) electrons. The molecule has 0 saturated heterocycles. The predicted molar refractivity (Wildman–Crippen MR) is 90.9 cm³/mol. The van der Waals surface area contributed by atoms with Gasteiger partial charge in [-0.3, -0.25) is 9.59 Å². The summed E-state index contributed by atoms with van der Waals surface area (Å²) in [6, 6.07) is 16.0. The van der Waals surface area contributed by atoms with E-state index in [2.05, 4.69) is 10.6 Å². The van der Waals surface area contributed by atoms with Crippen LogP contribution in [-0.4, -0.2) is 24.9 Å². The fourth-order valence-electron chi connectivity index (χ4n) is 2.26. The lowest BCUT2D eigenvalue weighted by Gasteiger charge is -2.07. The molecule has 5 heteroatoms. The first kappa shape index (κ1) is 17.7. The highest BCUT2D eigenvalue weighted by Crippen LogP contribution is 2.02. The third kappa shape index (κ3) is 6.60. The molecule has 2 amide bonds. The zero-order valence-corrected chi connectivity index (χ0v) is 13.4. The zero-order valence-electron chi connectivity index (χ0n) is 13.4. The topological polar surface area (TPSA) is 58.2 Å². The van der Waals surface area contributed by atoms with Gasteiger partial charge in [0.1, 0.15) is 12.2 Å². The minimum Gasteiger partial charge on any atom is -0.355 e. The summed E-state index contributed by atoms with van der Waals surface area (Å²) < 4.78 is 12.8. The maximum atomic E-state index is 12.8. The highest BCUT2D eigenvalue weighted by molar-refractivity contribution is 5.96. The Balaban J connectivity index is 1.59. The first-order valence-corrected chi connectivity index (χ1v) is 7.95. The van der Waals surface area contributed by atoms with E-state index in [1.54, 1.807) is 12.1 Å². The SMILES string of the molecule is O=C(CC(=O)NCCc1ccc(F)cc1)NCCc1ccccc1. The summed E-state index contributed by atoms with van der Waals surface area (Å²) in [6.07, 6.45) is 1.15. The van der Waals surface area contributed by atoms with Gasteiger partial charge in [0.15, 0.2) is 0 Å². The normalized spacial score (nSPS) is 10.2. The lowest BCUT2D eigenvalue weighted by atomic mass is 10.1. The minimum atomic E-state index is -0.311. The molecule has 0 aliphatic heterocycles. The van der Waals surface area contributed by atoms with Crippen LogP contribution in [-0.2, 0) is 22.4 Å². The summed E-state index contributed by atoms with van der Waals surface area (Å²) in [6.45, 7) is 0.924. The number of nitrogens with one attached hydrogen (secondary N) is 2. The first-order chi connectivity index (χ1) is 11.6. The molecule has 2 rings (SSSR count). The van der Waals surface area contributed by atoms with Crippen LogP contribution in [0.25, 0.3) is 0 Å². The molecule has 0 heterocycles. The molecule has 2 aromatic carbocycles. The van der Waals surface area contributed by atoms with Crippen molar-refractivity contribution in [3.63, 3.8) is 0 Å². The Morgan fingerprint density at radius 3 is 1.79 bits per heavy atom. The Kier molecular flexibility index (Phi) is 6.95. The van der Waals surface area contributed by atoms with Crippen molar-refractivity contribution in [1.82, 2.24) is 10.6 Å². The second-order valence-electron chi connectivity index (χ2n) is 5.49. The van der Waals surface area contributed by atoms with Crippen LogP contribution in [0.2, 0.25) is 0 Å². The largest absolute Gasteiger partial charge is 0.355 e. The Morgan fingerprint density at radius 1 is 0.750 bits per heavy atom. The maximum absolute atomic E-state index is 12.8. The molecule has 0 bridgehead atoms. The van der Waals surface area contributed by atoms with E-state index in [9.17, 15) is 14.0 Å². The Hall–Kier alpha value is -2.69. The smallest absolute Gasteiger partial charge is 0.229 e. The molecule has 0 aliphatic rings. The fourth-order valence-corrected chi connectivity index (χ4v) is 2.26. The third-order valence-electron chi connectivity index (χ3n) is 3.55. The molecule has 2 N–H and O–H groups in total. The van der Waals surface area contributed by atoms with E-state index in [4.69, 9.17) is 0 Å². The number of benzene rings is 2. The summed E-state index contributed by atoms with van der Waals surface area (Å²) in [5.41, 5.74) is 2.07. The van der Waals surface area contributed by atoms with E-state index in [1.165, 1.54) is 12.1 Å². The molecule has 4 nitrogen and oxygen atoms in total. The summed E-state index contributed by atoms with van der Waals surface area (Å²) in [5.74, 6) is -0.880. The third-order valence-corrected chi connectivity index (χ3v) is 3.55. The van der Waals surface area contributed by atoms with E-state index in [0.717, 1.165) is 17.5 Å². The molecule has 0 fully saturated rings. The fraction of sp³-hybridized carbons (Fsp3) is 0.263. The van der Waals surface area contributed by atoms with Crippen molar-refractivity contribution >= 4 is 11.8 Å². The molecule has 0 spiro atoms. The quantitative estimate of drug-likeness (QED) is 0.730. The van der Waals surface area contributed by atoms with Gasteiger partial charge >= 0.3 is 0 Å². The molecule has 126 valence electrons. The Bertz CT molecular complexity index is 657. The lowest BCUT2D eigenvalue weighted by Crippen LogP contribution is -2.33. The van der Waals surface area contributed by atoms with E-state index >= 15 is 0 Å². The number of hydrogen-bond donors (Lipinski definition) is 2. The van der Waals surface area contributed by atoms with Crippen LogP contribution in [0.3, 0.4) is 0 Å². The van der Waals surface area contributed by atoms with Crippen LogP contribution in [0.1, 0.15) is 17.5 Å². The van der Waals surface area contributed by atoms with E-state index in [0.29, 0.717) is 19.5 Å².